The molecule has 0 aliphatic carbocycles. The lowest BCUT2D eigenvalue weighted by Gasteiger charge is -2.24. The predicted octanol–water partition coefficient (Wildman–Crippen LogP) is 3.02. The smallest absolute Gasteiger partial charge is 0.244 e. The van der Waals surface area contributed by atoms with E-state index >= 15 is 0 Å². The molecule has 4 N–H and O–H groups in total. The Kier molecular flexibility index (Phi) is 4.49. The number of nitrogens with one attached hydrogen (secondary N) is 1. The molecular formula is C21H18N4O4. The zero-order valence-electron chi connectivity index (χ0n) is 15.8. The summed E-state index contributed by atoms with van der Waals surface area (Å²) < 4.78 is 16.1. The van der Waals surface area contributed by atoms with E-state index in [1.807, 2.05) is 24.3 Å². The molecule has 0 bridgehead atoms. The minimum atomic E-state index is -0.547. The standard InChI is InChI=1S/C21H18N4O4/c1-27-13-6-3-11(4-7-13)19-18-17(12-5-8-15(26)16(9-12)28-2)14(10-22)20(23)29-21(18)25-24-19/h3-9,17,26H,23H2,1-2H3,(H,24,25)/t17-/m0/s1. The number of fused-ring (bicyclic) bond motifs is 1. The zero-order valence-corrected chi connectivity index (χ0v) is 15.8. The van der Waals surface area contributed by atoms with Gasteiger partial charge in [0.15, 0.2) is 11.5 Å². The minimum Gasteiger partial charge on any atom is -0.504 e. The number of methoxy groups -OCH3 is 2. The number of aromatic nitrogens is 2. The Hall–Kier alpha value is -4.12. The van der Waals surface area contributed by atoms with Crippen LogP contribution in [0.4, 0.5) is 0 Å². The van der Waals surface area contributed by atoms with Crippen molar-refractivity contribution in [2.24, 2.45) is 5.73 Å². The first-order valence-corrected chi connectivity index (χ1v) is 8.74. The fourth-order valence-electron chi connectivity index (χ4n) is 3.43. The summed E-state index contributed by atoms with van der Waals surface area (Å²) in [4.78, 5) is 0. The molecule has 0 radical (unpaired) electrons. The molecule has 1 aliphatic heterocycles. The number of ether oxygens (including phenoxy) is 3. The lowest BCUT2D eigenvalue weighted by atomic mass is 9.83. The van der Waals surface area contributed by atoms with Crippen LogP contribution in [-0.2, 0) is 0 Å². The highest BCUT2D eigenvalue weighted by Crippen LogP contribution is 2.46. The van der Waals surface area contributed by atoms with Crippen molar-refractivity contribution >= 4 is 0 Å². The van der Waals surface area contributed by atoms with Crippen LogP contribution in [0.1, 0.15) is 17.0 Å². The third-order valence-electron chi connectivity index (χ3n) is 4.85. The average Bonchev–Trinajstić information content (AvgIpc) is 3.16. The van der Waals surface area contributed by atoms with Crippen LogP contribution in [0.15, 0.2) is 53.9 Å². The zero-order chi connectivity index (χ0) is 20.5. The molecule has 0 saturated heterocycles. The van der Waals surface area contributed by atoms with Crippen molar-refractivity contribution in [3.05, 3.63) is 65.0 Å². The van der Waals surface area contributed by atoms with Crippen LogP contribution in [0.3, 0.4) is 0 Å². The van der Waals surface area contributed by atoms with Gasteiger partial charge in [0.2, 0.25) is 11.8 Å². The minimum absolute atomic E-state index is 0.00145. The van der Waals surface area contributed by atoms with Gasteiger partial charge < -0.3 is 25.1 Å². The molecule has 2 heterocycles. The average molecular weight is 390 g/mol. The Bertz CT molecular complexity index is 1140. The van der Waals surface area contributed by atoms with Crippen LogP contribution in [-0.4, -0.2) is 29.5 Å². The number of rotatable bonds is 4. The molecule has 146 valence electrons. The number of nitriles is 1. The molecule has 29 heavy (non-hydrogen) atoms. The summed E-state index contributed by atoms with van der Waals surface area (Å²) in [7, 11) is 3.06. The van der Waals surface area contributed by atoms with Crippen LogP contribution < -0.4 is 19.9 Å². The molecule has 0 fully saturated rings. The summed E-state index contributed by atoms with van der Waals surface area (Å²) in [6.45, 7) is 0. The molecule has 0 spiro atoms. The van der Waals surface area contributed by atoms with Gasteiger partial charge >= 0.3 is 0 Å². The summed E-state index contributed by atoms with van der Waals surface area (Å²) in [6.07, 6.45) is 0. The van der Waals surface area contributed by atoms with Gasteiger partial charge in [0, 0.05) is 5.56 Å². The maximum Gasteiger partial charge on any atom is 0.244 e. The van der Waals surface area contributed by atoms with Gasteiger partial charge in [-0.05, 0) is 42.0 Å². The molecule has 1 aliphatic rings. The number of benzene rings is 2. The van der Waals surface area contributed by atoms with E-state index in [9.17, 15) is 10.4 Å². The number of phenols is 1. The fraction of sp³-hybridized carbons (Fsp3) is 0.143. The molecule has 3 aromatic rings. The van der Waals surface area contributed by atoms with E-state index in [1.165, 1.54) is 13.2 Å². The molecule has 0 saturated carbocycles. The number of phenolic OH excluding ortho intramolecular Hbond substituents is 1. The summed E-state index contributed by atoms with van der Waals surface area (Å²) in [6, 6.07) is 14.5. The molecule has 1 aromatic heterocycles. The number of nitrogens with zero attached hydrogens (tertiary/aromatic N) is 2. The molecule has 8 heteroatoms. The third-order valence-corrected chi connectivity index (χ3v) is 4.85. The Morgan fingerprint density at radius 1 is 1.17 bits per heavy atom. The van der Waals surface area contributed by atoms with E-state index < -0.39 is 5.92 Å². The topological polar surface area (TPSA) is 126 Å². The van der Waals surface area contributed by atoms with E-state index in [0.717, 1.165) is 11.3 Å². The molecule has 2 aromatic carbocycles. The number of hydrogen-bond acceptors (Lipinski definition) is 7. The van der Waals surface area contributed by atoms with Crippen molar-refractivity contribution < 1.29 is 19.3 Å². The maximum absolute atomic E-state index is 9.96. The monoisotopic (exact) mass is 390 g/mol. The van der Waals surface area contributed by atoms with Gasteiger partial charge in [-0.1, -0.05) is 6.07 Å². The lowest BCUT2D eigenvalue weighted by Crippen LogP contribution is -2.21. The number of nitrogens with two attached hydrogens (primary N) is 1. The van der Waals surface area contributed by atoms with Gasteiger partial charge in [-0.15, -0.1) is 5.10 Å². The van der Waals surface area contributed by atoms with Gasteiger partial charge in [-0.25, -0.2) is 0 Å². The van der Waals surface area contributed by atoms with Crippen LogP contribution in [0.25, 0.3) is 11.3 Å². The van der Waals surface area contributed by atoms with Gasteiger partial charge in [-0.2, -0.15) is 5.26 Å². The molecular weight excluding hydrogens is 372 g/mol. The number of hydrogen-bond donors (Lipinski definition) is 3. The largest absolute Gasteiger partial charge is 0.504 e. The summed E-state index contributed by atoms with van der Waals surface area (Å²) in [5, 5.41) is 27.0. The number of H-pyrrole nitrogens is 1. The van der Waals surface area contributed by atoms with Gasteiger partial charge in [-0.3, -0.25) is 5.10 Å². The number of allylic oxidation sites excluding steroid dienone is 1. The van der Waals surface area contributed by atoms with Crippen LogP contribution in [0, 0.1) is 11.3 Å². The molecule has 0 unspecified atom stereocenters. The summed E-state index contributed by atoms with van der Waals surface area (Å²) in [5.74, 6) is 0.755. The second kappa shape index (κ2) is 7.13. The van der Waals surface area contributed by atoms with Crippen molar-refractivity contribution in [1.82, 2.24) is 10.2 Å². The first-order chi connectivity index (χ1) is 14.1. The van der Waals surface area contributed by atoms with Gasteiger partial charge in [0.25, 0.3) is 0 Å². The molecule has 4 rings (SSSR count). The van der Waals surface area contributed by atoms with Crippen LogP contribution >= 0.6 is 0 Å². The molecule has 0 amide bonds. The Morgan fingerprint density at radius 3 is 2.59 bits per heavy atom. The first kappa shape index (κ1) is 18.3. The van der Waals surface area contributed by atoms with Crippen molar-refractivity contribution in [2.75, 3.05) is 14.2 Å². The second-order valence-electron chi connectivity index (χ2n) is 6.40. The number of aromatic amines is 1. The van der Waals surface area contributed by atoms with Gasteiger partial charge in [0.05, 0.1) is 31.4 Å². The van der Waals surface area contributed by atoms with E-state index in [-0.39, 0.29) is 17.2 Å². The number of aromatic hydroxyl groups is 1. The SMILES string of the molecule is COc1ccc(-c2[nH]nc3c2[C@@H](c2ccc(O)c(OC)c2)C(C#N)=C(N)O3)cc1. The Morgan fingerprint density at radius 2 is 1.93 bits per heavy atom. The highest BCUT2D eigenvalue weighted by molar-refractivity contribution is 5.71. The van der Waals surface area contributed by atoms with E-state index in [4.69, 9.17) is 19.9 Å². The highest BCUT2D eigenvalue weighted by atomic mass is 16.5. The highest BCUT2D eigenvalue weighted by Gasteiger charge is 2.36. The second-order valence-corrected chi connectivity index (χ2v) is 6.40. The maximum atomic E-state index is 9.96. The summed E-state index contributed by atoms with van der Waals surface area (Å²) >= 11 is 0. The summed E-state index contributed by atoms with van der Waals surface area (Å²) in [5.41, 5.74) is 9.17. The van der Waals surface area contributed by atoms with Gasteiger partial charge in [0.1, 0.15) is 17.4 Å². The molecule has 1 atom stereocenters. The quantitative estimate of drug-likeness (QED) is 0.625. The Labute approximate surface area is 166 Å². The van der Waals surface area contributed by atoms with Crippen molar-refractivity contribution in [1.29, 1.82) is 5.26 Å². The first-order valence-electron chi connectivity index (χ1n) is 8.74. The Balaban J connectivity index is 1.91. The van der Waals surface area contributed by atoms with E-state index in [0.29, 0.717) is 28.5 Å². The third kappa shape index (κ3) is 2.99. The lowest BCUT2D eigenvalue weighted by molar-refractivity contribution is 0.371. The fourth-order valence-corrected chi connectivity index (χ4v) is 3.43. The van der Waals surface area contributed by atoms with Crippen LogP contribution in [0.2, 0.25) is 0 Å². The predicted molar refractivity (Wildman–Crippen MR) is 105 cm³/mol. The van der Waals surface area contributed by atoms with E-state index in [1.54, 1.807) is 19.2 Å². The normalized spacial score (nSPS) is 15.3. The molecule has 8 nitrogen and oxygen atoms in total. The van der Waals surface area contributed by atoms with Crippen molar-refractivity contribution in [3.63, 3.8) is 0 Å². The van der Waals surface area contributed by atoms with Crippen molar-refractivity contribution in [3.8, 4) is 40.5 Å². The van der Waals surface area contributed by atoms with Crippen molar-refractivity contribution in [2.45, 2.75) is 5.92 Å². The van der Waals surface area contributed by atoms with E-state index in [2.05, 4.69) is 16.3 Å². The van der Waals surface area contributed by atoms with Crippen LogP contribution in [0.5, 0.6) is 23.1 Å².